The van der Waals surface area contributed by atoms with Crippen LogP contribution >= 0.6 is 15.9 Å². The molecule has 0 aromatic heterocycles. The van der Waals surface area contributed by atoms with Gasteiger partial charge in [0, 0.05) is 11.4 Å². The van der Waals surface area contributed by atoms with Crippen molar-refractivity contribution in [1.29, 1.82) is 0 Å². The molecule has 0 bridgehead atoms. The van der Waals surface area contributed by atoms with Gasteiger partial charge in [-0.1, -0.05) is 22.9 Å². The number of hydrogen-bond acceptors (Lipinski definition) is 2. The summed E-state index contributed by atoms with van der Waals surface area (Å²) in [4.78, 5) is 0.267. The zero-order chi connectivity index (χ0) is 10.5. The van der Waals surface area contributed by atoms with Crippen molar-refractivity contribution < 1.29 is 17.2 Å². The van der Waals surface area contributed by atoms with Crippen molar-refractivity contribution >= 4 is 26.0 Å². The molecule has 0 saturated carbocycles. The minimum absolute atomic E-state index is 0.0581. The highest BCUT2D eigenvalue weighted by Crippen LogP contribution is 2.06. The van der Waals surface area contributed by atoms with Crippen LogP contribution in [0.5, 0.6) is 0 Å². The van der Waals surface area contributed by atoms with Crippen molar-refractivity contribution in [2.45, 2.75) is 30.4 Å². The average Bonchev–Trinajstić information content (AvgIpc) is 1.97. The molecule has 13 heavy (non-hydrogen) atoms. The Hall–Kier alpha value is 0.250. The maximum absolute atomic E-state index is 11.7. The third-order valence-corrected chi connectivity index (χ3v) is 2.85. The second-order valence-electron chi connectivity index (χ2n) is 2.62. The summed E-state index contributed by atoms with van der Waals surface area (Å²) in [5, 5.41) is 0. The van der Waals surface area contributed by atoms with E-state index in [2.05, 4.69) is 15.9 Å². The first-order valence-electron chi connectivity index (χ1n) is 3.77. The van der Waals surface area contributed by atoms with Gasteiger partial charge < -0.3 is 0 Å². The minimum Gasteiger partial charge on any atom is -0.210 e. The van der Waals surface area contributed by atoms with Crippen LogP contribution in [-0.2, 0) is 10.0 Å². The van der Waals surface area contributed by atoms with Crippen molar-refractivity contribution in [3.8, 4) is 0 Å². The fourth-order valence-electron chi connectivity index (χ4n) is 0.661. The highest BCUT2D eigenvalue weighted by molar-refractivity contribution is 9.09. The quantitative estimate of drug-likeness (QED) is 0.594. The van der Waals surface area contributed by atoms with E-state index in [0.29, 0.717) is 6.42 Å². The van der Waals surface area contributed by atoms with Gasteiger partial charge in [0.05, 0.1) is 0 Å². The molecule has 0 aromatic carbocycles. The van der Waals surface area contributed by atoms with Crippen LogP contribution in [0.15, 0.2) is 0 Å². The summed E-state index contributed by atoms with van der Waals surface area (Å²) in [7, 11) is -4.39. The molecule has 0 aliphatic heterocycles. The molecule has 0 heterocycles. The van der Waals surface area contributed by atoms with Gasteiger partial charge >= 0.3 is 5.76 Å². The molecule has 0 radical (unpaired) electrons. The summed E-state index contributed by atoms with van der Waals surface area (Å²) in [6.07, 6.45) is 1.28. The number of alkyl halides is 3. The molecule has 0 spiro atoms. The predicted octanol–water partition coefficient (Wildman–Crippen LogP) is 1.69. The lowest BCUT2D eigenvalue weighted by Crippen LogP contribution is -2.30. The molecule has 0 rings (SSSR count). The maximum Gasteiger partial charge on any atom is 0.350 e. The Morgan fingerprint density at radius 1 is 1.46 bits per heavy atom. The molecule has 0 aromatic rings. The molecular formula is C6H12BrF2NO2S. The van der Waals surface area contributed by atoms with Crippen LogP contribution in [0.3, 0.4) is 0 Å². The Kier molecular flexibility index (Phi) is 5.98. The van der Waals surface area contributed by atoms with Crippen LogP contribution in [0.1, 0.15) is 19.8 Å². The number of rotatable bonds is 6. The standard InChI is InChI=1S/C6H12BrF2NO2S/c1-5(7)3-2-4-10-13(11,12)6(8)9/h5-6,10H,2-4H2,1H3. The SMILES string of the molecule is CC(Br)CCCNS(=O)(=O)C(F)F. The summed E-state index contributed by atoms with van der Waals surface area (Å²) >= 11 is 3.26. The average molecular weight is 280 g/mol. The third-order valence-electron chi connectivity index (χ3n) is 1.32. The van der Waals surface area contributed by atoms with E-state index in [1.165, 1.54) is 0 Å². The third kappa shape index (κ3) is 6.34. The molecule has 7 heteroatoms. The van der Waals surface area contributed by atoms with E-state index < -0.39 is 15.8 Å². The molecule has 1 N–H and O–H groups in total. The van der Waals surface area contributed by atoms with Crippen molar-refractivity contribution in [1.82, 2.24) is 4.72 Å². The maximum atomic E-state index is 11.7. The molecule has 0 amide bonds. The smallest absolute Gasteiger partial charge is 0.210 e. The molecule has 0 aliphatic carbocycles. The van der Waals surface area contributed by atoms with E-state index in [1.54, 1.807) is 0 Å². The first kappa shape index (κ1) is 13.2. The largest absolute Gasteiger partial charge is 0.350 e. The van der Waals surface area contributed by atoms with Gasteiger partial charge in [0.2, 0.25) is 0 Å². The van der Waals surface area contributed by atoms with Crippen LogP contribution < -0.4 is 4.72 Å². The Labute approximate surface area is 85.1 Å². The predicted molar refractivity (Wildman–Crippen MR) is 50.5 cm³/mol. The Bertz CT molecular complexity index is 231. The molecule has 3 nitrogen and oxygen atoms in total. The lowest BCUT2D eigenvalue weighted by atomic mass is 10.2. The van der Waals surface area contributed by atoms with Gasteiger partial charge in [0.1, 0.15) is 0 Å². The van der Waals surface area contributed by atoms with E-state index in [9.17, 15) is 17.2 Å². The van der Waals surface area contributed by atoms with Gasteiger partial charge in [-0.05, 0) is 12.8 Å². The van der Waals surface area contributed by atoms with Crippen LogP contribution in [0, 0.1) is 0 Å². The van der Waals surface area contributed by atoms with Crippen molar-refractivity contribution in [3.05, 3.63) is 0 Å². The van der Waals surface area contributed by atoms with Gasteiger partial charge in [-0.25, -0.2) is 13.1 Å². The van der Waals surface area contributed by atoms with Crippen LogP contribution in [0.4, 0.5) is 8.78 Å². The number of nitrogens with one attached hydrogen (secondary N) is 1. The first-order valence-corrected chi connectivity index (χ1v) is 6.23. The number of sulfonamides is 1. The second kappa shape index (κ2) is 5.87. The molecule has 0 saturated heterocycles. The van der Waals surface area contributed by atoms with Crippen molar-refractivity contribution in [2.24, 2.45) is 0 Å². The summed E-state index contributed by atoms with van der Waals surface area (Å²) in [6, 6.07) is 0. The lowest BCUT2D eigenvalue weighted by molar-refractivity contribution is 0.232. The zero-order valence-electron chi connectivity index (χ0n) is 7.13. The van der Waals surface area contributed by atoms with Crippen molar-refractivity contribution in [2.75, 3.05) is 6.54 Å². The topological polar surface area (TPSA) is 46.2 Å². The second-order valence-corrected chi connectivity index (χ2v) is 5.92. The Morgan fingerprint density at radius 3 is 2.38 bits per heavy atom. The zero-order valence-corrected chi connectivity index (χ0v) is 9.54. The van der Waals surface area contributed by atoms with E-state index in [1.807, 2.05) is 11.6 Å². The Balaban J connectivity index is 3.66. The summed E-state index contributed by atoms with van der Waals surface area (Å²) in [6.45, 7) is 1.96. The normalized spacial score (nSPS) is 14.8. The van der Waals surface area contributed by atoms with Crippen LogP contribution in [0.2, 0.25) is 0 Å². The summed E-state index contributed by atoms with van der Waals surface area (Å²) in [5.41, 5.74) is 0. The molecular weight excluding hydrogens is 268 g/mol. The fraction of sp³-hybridized carbons (Fsp3) is 1.00. The van der Waals surface area contributed by atoms with Gasteiger partial charge in [-0.2, -0.15) is 8.78 Å². The van der Waals surface area contributed by atoms with Gasteiger partial charge in [0.15, 0.2) is 0 Å². The van der Waals surface area contributed by atoms with E-state index in [0.717, 1.165) is 6.42 Å². The number of halogens is 3. The van der Waals surface area contributed by atoms with Crippen LogP contribution in [-0.4, -0.2) is 25.5 Å². The van der Waals surface area contributed by atoms with Gasteiger partial charge in [-0.15, -0.1) is 0 Å². The molecule has 1 atom stereocenters. The highest BCUT2D eigenvalue weighted by atomic mass is 79.9. The fourth-order valence-corrected chi connectivity index (χ4v) is 1.54. The van der Waals surface area contributed by atoms with Crippen molar-refractivity contribution in [3.63, 3.8) is 0 Å². The number of hydrogen-bond donors (Lipinski definition) is 1. The summed E-state index contributed by atoms with van der Waals surface area (Å²) < 4.78 is 46.3. The van der Waals surface area contributed by atoms with Crippen LogP contribution in [0.25, 0.3) is 0 Å². The van der Waals surface area contributed by atoms with E-state index in [-0.39, 0.29) is 11.4 Å². The Morgan fingerprint density at radius 2 is 2.00 bits per heavy atom. The molecule has 80 valence electrons. The highest BCUT2D eigenvalue weighted by Gasteiger charge is 2.22. The molecule has 1 unspecified atom stereocenters. The molecule has 0 aliphatic rings. The minimum atomic E-state index is -4.39. The summed E-state index contributed by atoms with van der Waals surface area (Å²) in [5.74, 6) is -3.34. The molecule has 0 fully saturated rings. The first-order chi connectivity index (χ1) is 5.86. The van der Waals surface area contributed by atoms with E-state index >= 15 is 0 Å². The monoisotopic (exact) mass is 279 g/mol. The lowest BCUT2D eigenvalue weighted by Gasteiger charge is -2.05. The van der Waals surface area contributed by atoms with Gasteiger partial charge in [-0.3, -0.25) is 0 Å². The van der Waals surface area contributed by atoms with Gasteiger partial charge in [0.25, 0.3) is 10.0 Å². The van der Waals surface area contributed by atoms with E-state index in [4.69, 9.17) is 0 Å².